The molecule has 244 valence electrons. The van der Waals surface area contributed by atoms with Crippen molar-refractivity contribution < 1.29 is 43.1 Å². The Morgan fingerprint density at radius 3 is 2.00 bits per heavy atom. The van der Waals surface area contributed by atoms with Gasteiger partial charge in [-0.05, 0) is 24.7 Å². The van der Waals surface area contributed by atoms with Crippen molar-refractivity contribution >= 4 is 19.6 Å². The number of aliphatic hydroxyl groups excluding tert-OH is 2. The van der Waals surface area contributed by atoms with Crippen molar-refractivity contribution in [3.8, 4) is 0 Å². The number of carbonyl (C=O) groups is 2. The van der Waals surface area contributed by atoms with Gasteiger partial charge in [-0.25, -0.2) is 15.0 Å². The van der Waals surface area contributed by atoms with Gasteiger partial charge in [-0.1, -0.05) is 47.6 Å². The third kappa shape index (κ3) is 10.2. The lowest BCUT2D eigenvalue weighted by molar-refractivity contribution is -0.148. The number of rotatable bonds is 13. The maximum atomic E-state index is 14.1. The summed E-state index contributed by atoms with van der Waals surface area (Å²) in [6, 6.07) is -1.35. The van der Waals surface area contributed by atoms with Gasteiger partial charge in [-0.3, -0.25) is 28.5 Å². The van der Waals surface area contributed by atoms with E-state index in [0.29, 0.717) is 0 Å². The first-order valence-electron chi connectivity index (χ1n) is 13.7. The van der Waals surface area contributed by atoms with Crippen LogP contribution >= 0.6 is 7.67 Å². The van der Waals surface area contributed by atoms with E-state index >= 15 is 0 Å². The van der Waals surface area contributed by atoms with Crippen LogP contribution in [0.4, 0.5) is 0 Å². The Morgan fingerprint density at radius 1 is 1.09 bits per heavy atom. The Hall–Kier alpha value is -2.65. The maximum Gasteiger partial charge on any atom is 0.342 e. The normalized spacial score (nSPS) is 24.3. The number of aromatic nitrogens is 2. The van der Waals surface area contributed by atoms with Crippen LogP contribution in [0.5, 0.6) is 0 Å². The number of ether oxygens (including phenoxy) is 3. The van der Waals surface area contributed by atoms with Crippen molar-refractivity contribution in [2.45, 2.75) is 91.5 Å². The van der Waals surface area contributed by atoms with E-state index in [9.17, 15) is 34.0 Å². The lowest BCUT2D eigenvalue weighted by Gasteiger charge is -2.32. The maximum absolute atomic E-state index is 14.1. The van der Waals surface area contributed by atoms with Crippen molar-refractivity contribution in [1.29, 1.82) is 0 Å². The Balaban J connectivity index is 2.32. The molecule has 0 bridgehead atoms. The van der Waals surface area contributed by atoms with Crippen LogP contribution < -0.4 is 21.4 Å². The molecule has 1 aromatic rings. The summed E-state index contributed by atoms with van der Waals surface area (Å²) < 4.78 is 37.1. The molecule has 0 aliphatic carbocycles. The fraction of sp³-hybridized carbons (Fsp3) is 0.704. The fourth-order valence-electron chi connectivity index (χ4n) is 3.75. The highest BCUT2D eigenvalue weighted by atomic mass is 31.2. The lowest BCUT2D eigenvalue weighted by Crippen LogP contribution is -2.47. The van der Waals surface area contributed by atoms with Gasteiger partial charge in [0.1, 0.15) is 29.9 Å². The lowest BCUT2D eigenvalue weighted by atomic mass is 9.96. The van der Waals surface area contributed by atoms with Gasteiger partial charge in [0.15, 0.2) is 6.23 Å². The van der Waals surface area contributed by atoms with Crippen molar-refractivity contribution in [3.05, 3.63) is 45.8 Å². The standard InChI is InChI=1S/C27H45N4O11P/c1-10-27(20(34)19(33)21(42-27)31-12-11-18(32)28-24(31)37)15-41-43(38,29-16(2)22(35)39-13-25(4,5)6)30-17(3)23(36)40-14-26(7,8)9/h10-12,16-17,19-21,33-34H,1,13-15H2,2-9H3,(H,28,32,37)(H2,29,30,38)/t16-,17-,19+,20-,21+,27+/m0/s1. The average molecular weight is 633 g/mol. The van der Waals surface area contributed by atoms with E-state index in [1.807, 2.05) is 46.5 Å². The number of nitrogens with one attached hydrogen (secondary N) is 3. The minimum Gasteiger partial charge on any atom is -0.464 e. The van der Waals surface area contributed by atoms with Crippen LogP contribution in [0.15, 0.2) is 34.5 Å². The first kappa shape index (κ1) is 36.5. The molecule has 16 heteroatoms. The van der Waals surface area contributed by atoms with Crippen molar-refractivity contribution in [3.63, 3.8) is 0 Å². The molecule has 2 rings (SSSR count). The predicted molar refractivity (Wildman–Crippen MR) is 156 cm³/mol. The van der Waals surface area contributed by atoms with Gasteiger partial charge in [0.2, 0.25) is 0 Å². The van der Waals surface area contributed by atoms with Crippen LogP contribution in [-0.4, -0.2) is 81.4 Å². The highest BCUT2D eigenvalue weighted by Crippen LogP contribution is 2.44. The number of carbonyl (C=O) groups excluding carboxylic acids is 2. The molecule has 15 nitrogen and oxygen atoms in total. The molecular formula is C27H45N4O11P. The fourth-order valence-corrected chi connectivity index (χ4v) is 5.59. The van der Waals surface area contributed by atoms with Crippen LogP contribution in [-0.2, 0) is 32.9 Å². The molecule has 1 aliphatic rings. The second-order valence-electron chi connectivity index (χ2n) is 13.0. The van der Waals surface area contributed by atoms with Gasteiger partial charge < -0.3 is 28.9 Å². The molecule has 0 radical (unpaired) electrons. The number of aliphatic hydroxyl groups is 2. The van der Waals surface area contributed by atoms with E-state index in [4.69, 9.17) is 18.7 Å². The van der Waals surface area contributed by atoms with E-state index in [2.05, 4.69) is 16.8 Å². The van der Waals surface area contributed by atoms with Gasteiger partial charge in [0.25, 0.3) is 5.56 Å². The molecule has 2 heterocycles. The van der Waals surface area contributed by atoms with Gasteiger partial charge in [-0.2, -0.15) is 0 Å². The summed E-state index contributed by atoms with van der Waals surface area (Å²) in [4.78, 5) is 51.2. The van der Waals surface area contributed by atoms with E-state index < -0.39 is 73.6 Å². The van der Waals surface area contributed by atoms with E-state index in [-0.39, 0.29) is 24.0 Å². The summed E-state index contributed by atoms with van der Waals surface area (Å²) in [5.41, 5.74) is -4.20. The summed E-state index contributed by atoms with van der Waals surface area (Å²) >= 11 is 0. The van der Waals surface area contributed by atoms with Crippen molar-refractivity contribution in [1.82, 2.24) is 19.7 Å². The molecule has 43 heavy (non-hydrogen) atoms. The number of esters is 2. The Kier molecular flexibility index (Phi) is 11.9. The molecule has 6 atom stereocenters. The van der Waals surface area contributed by atoms with E-state index in [1.54, 1.807) is 0 Å². The molecule has 1 aliphatic heterocycles. The van der Waals surface area contributed by atoms with Crippen molar-refractivity contribution in [2.24, 2.45) is 10.8 Å². The summed E-state index contributed by atoms with van der Waals surface area (Å²) in [6.45, 7) is 17.0. The summed E-state index contributed by atoms with van der Waals surface area (Å²) in [6.07, 6.45) is -2.76. The minimum absolute atomic E-state index is 0.0784. The van der Waals surface area contributed by atoms with Crippen LogP contribution in [0.3, 0.4) is 0 Å². The largest absolute Gasteiger partial charge is 0.464 e. The summed E-state index contributed by atoms with van der Waals surface area (Å²) in [5.74, 6) is -1.49. The quantitative estimate of drug-likeness (QED) is 0.117. The number of hydrogen-bond acceptors (Lipinski definition) is 11. The van der Waals surface area contributed by atoms with Gasteiger partial charge >= 0.3 is 25.3 Å². The molecule has 0 saturated carbocycles. The summed E-state index contributed by atoms with van der Waals surface area (Å²) in [7, 11) is -4.37. The number of hydrogen-bond donors (Lipinski definition) is 5. The zero-order valence-electron chi connectivity index (χ0n) is 25.9. The average Bonchev–Trinajstić information content (AvgIpc) is 3.13. The third-order valence-electron chi connectivity index (χ3n) is 6.13. The van der Waals surface area contributed by atoms with Crippen LogP contribution in [0.25, 0.3) is 0 Å². The number of nitrogens with zero attached hydrogens (tertiary/aromatic N) is 1. The second kappa shape index (κ2) is 14.0. The Labute approximate surface area is 250 Å². The predicted octanol–water partition coefficient (Wildman–Crippen LogP) is 0.972. The Morgan fingerprint density at radius 2 is 1.58 bits per heavy atom. The first-order valence-corrected chi connectivity index (χ1v) is 15.4. The molecule has 1 fully saturated rings. The molecule has 0 spiro atoms. The van der Waals surface area contributed by atoms with Crippen LogP contribution in [0.1, 0.15) is 61.6 Å². The monoisotopic (exact) mass is 632 g/mol. The molecule has 1 saturated heterocycles. The Bertz CT molecular complexity index is 1270. The van der Waals surface area contributed by atoms with Crippen LogP contribution in [0.2, 0.25) is 0 Å². The van der Waals surface area contributed by atoms with Crippen LogP contribution in [0, 0.1) is 10.8 Å². The highest BCUT2D eigenvalue weighted by molar-refractivity contribution is 7.54. The van der Waals surface area contributed by atoms with Gasteiger partial charge in [0.05, 0.1) is 19.8 Å². The van der Waals surface area contributed by atoms with Gasteiger partial charge in [0, 0.05) is 12.3 Å². The number of aromatic amines is 1. The molecule has 0 unspecified atom stereocenters. The van der Waals surface area contributed by atoms with Crippen molar-refractivity contribution in [2.75, 3.05) is 19.8 Å². The molecule has 1 aromatic heterocycles. The van der Waals surface area contributed by atoms with Gasteiger partial charge in [-0.15, -0.1) is 6.58 Å². The topological polar surface area (TPSA) is 208 Å². The highest BCUT2D eigenvalue weighted by Gasteiger charge is 2.54. The molecule has 0 aromatic carbocycles. The number of H-pyrrole nitrogens is 1. The smallest absolute Gasteiger partial charge is 0.342 e. The minimum atomic E-state index is -4.37. The van der Waals surface area contributed by atoms with E-state index in [1.165, 1.54) is 13.8 Å². The van der Waals surface area contributed by atoms with E-state index in [0.717, 1.165) is 22.9 Å². The zero-order valence-corrected chi connectivity index (χ0v) is 26.8. The zero-order chi connectivity index (χ0) is 33.0. The molecule has 5 N–H and O–H groups in total. The second-order valence-corrected chi connectivity index (χ2v) is 14.9. The third-order valence-corrected chi connectivity index (χ3v) is 8.08. The molecule has 0 amide bonds. The first-order chi connectivity index (χ1) is 19.6. The molecular weight excluding hydrogens is 587 g/mol. The summed E-state index contributed by atoms with van der Waals surface area (Å²) in [5, 5.41) is 26.8. The SMILES string of the molecule is C=C[C@]1(COP(=O)(N[C@@H](C)C(=O)OCC(C)(C)C)N[C@@H](C)C(=O)OCC(C)(C)C)O[C@@H](n2ccc(=O)[nH]c2=O)[C@H](O)[C@@H]1O.